The third-order valence-corrected chi connectivity index (χ3v) is 8.42. The molecule has 1 saturated heterocycles. The minimum absolute atomic E-state index is 0.0521. The molecular weight excluding hydrogens is 624 g/mol. The van der Waals surface area contributed by atoms with Crippen LogP contribution in [0.2, 0.25) is 0 Å². The van der Waals surface area contributed by atoms with Crippen molar-refractivity contribution in [1.82, 2.24) is 14.6 Å². The van der Waals surface area contributed by atoms with Crippen LogP contribution in [0, 0.1) is 12.7 Å². The van der Waals surface area contributed by atoms with Crippen LogP contribution >= 0.6 is 0 Å². The highest BCUT2D eigenvalue weighted by atomic mass is 19.4. The van der Waals surface area contributed by atoms with Crippen molar-refractivity contribution >= 4 is 17.4 Å². The van der Waals surface area contributed by atoms with E-state index in [4.69, 9.17) is 24.0 Å². The highest BCUT2D eigenvalue weighted by Gasteiger charge is 2.42. The average molecular weight is 667 g/mol. The first-order valence-electron chi connectivity index (χ1n) is 15.8. The van der Waals surface area contributed by atoms with Crippen molar-refractivity contribution in [1.29, 1.82) is 0 Å². The molecule has 1 aromatic carbocycles. The molecular formula is C33H42F4N4O6. The van der Waals surface area contributed by atoms with E-state index >= 15 is 0 Å². The van der Waals surface area contributed by atoms with Gasteiger partial charge in [-0.1, -0.05) is 6.07 Å². The summed E-state index contributed by atoms with van der Waals surface area (Å²) in [5.74, 6) is -1.57. The summed E-state index contributed by atoms with van der Waals surface area (Å²) in [6, 6.07) is 5.12. The van der Waals surface area contributed by atoms with Gasteiger partial charge in [0, 0.05) is 43.1 Å². The van der Waals surface area contributed by atoms with Crippen molar-refractivity contribution in [2.75, 3.05) is 24.6 Å². The Morgan fingerprint density at radius 1 is 1.13 bits per heavy atom. The number of hydrogen-bond donors (Lipinski definition) is 1. The number of fused-ring (bicyclic) bond motifs is 10. The van der Waals surface area contributed by atoms with Crippen molar-refractivity contribution in [3.8, 4) is 5.75 Å². The molecule has 0 amide bonds. The Kier molecular flexibility index (Phi) is 10.0. The maximum Gasteiger partial charge on any atom is 0.425 e. The fourth-order valence-electron chi connectivity index (χ4n) is 5.98. The third-order valence-electron chi connectivity index (χ3n) is 8.42. The van der Waals surface area contributed by atoms with Crippen molar-refractivity contribution in [3.63, 3.8) is 0 Å². The van der Waals surface area contributed by atoms with E-state index in [1.54, 1.807) is 38.3 Å². The normalized spacial score (nSPS) is 22.6. The van der Waals surface area contributed by atoms with Gasteiger partial charge in [0.2, 0.25) is 0 Å². The number of alkyl halides is 3. The Balaban J connectivity index is 1.56. The first-order chi connectivity index (χ1) is 22.0. The van der Waals surface area contributed by atoms with Gasteiger partial charge in [-0.25, -0.2) is 14.2 Å². The van der Waals surface area contributed by atoms with Gasteiger partial charge in [0.15, 0.2) is 17.9 Å². The number of rotatable bonds is 3. The van der Waals surface area contributed by atoms with E-state index in [1.165, 1.54) is 6.07 Å². The monoisotopic (exact) mass is 666 g/mol. The lowest BCUT2D eigenvalue weighted by atomic mass is 9.92. The molecule has 6 rings (SSSR count). The molecule has 3 aliphatic rings. The van der Waals surface area contributed by atoms with Crippen molar-refractivity contribution in [2.24, 2.45) is 0 Å². The standard InChI is InChI=1S/C33H42F4N4O6/c1-20-27(28(30(42)43)47-31(2,3)4)29-40-13-11-32(5,12-14-40)45-15-7-6-8-25(33(35,36)37)46-24-16-22(34)10-9-21(24)18-44-19-23-17-26(38-20)41(29)39-23/h9-10,16-17,25,28H,6-8,11-15,18-19H2,1-5H3,(H,42,43)/t25?,28-/m0/s1. The lowest BCUT2D eigenvalue weighted by Gasteiger charge is -2.41. The van der Waals surface area contributed by atoms with Crippen LogP contribution in [0.3, 0.4) is 0 Å². The van der Waals surface area contributed by atoms with Gasteiger partial charge in [-0.3, -0.25) is 0 Å². The van der Waals surface area contributed by atoms with E-state index in [0.717, 1.165) is 12.1 Å². The minimum Gasteiger partial charge on any atom is -0.480 e. The number of aryl methyl sites for hydroxylation is 1. The Morgan fingerprint density at radius 3 is 2.51 bits per heavy atom. The molecule has 0 radical (unpaired) electrons. The van der Waals surface area contributed by atoms with E-state index in [9.17, 15) is 27.5 Å². The van der Waals surface area contributed by atoms with Crippen molar-refractivity contribution in [3.05, 3.63) is 52.6 Å². The molecule has 47 heavy (non-hydrogen) atoms. The quantitative estimate of drug-likeness (QED) is 0.306. The van der Waals surface area contributed by atoms with Crippen LogP contribution in [0.25, 0.3) is 5.65 Å². The van der Waals surface area contributed by atoms with Gasteiger partial charge >= 0.3 is 12.1 Å². The Bertz CT molecular complexity index is 1580. The maximum atomic E-state index is 14.2. The topological polar surface area (TPSA) is 108 Å². The molecule has 0 aliphatic carbocycles. The van der Waals surface area contributed by atoms with Crippen LogP contribution in [0.1, 0.15) is 88.4 Å². The second kappa shape index (κ2) is 13.6. The smallest absolute Gasteiger partial charge is 0.425 e. The fourth-order valence-corrected chi connectivity index (χ4v) is 5.98. The van der Waals surface area contributed by atoms with Gasteiger partial charge in [-0.2, -0.15) is 22.8 Å². The summed E-state index contributed by atoms with van der Waals surface area (Å²) in [5, 5.41) is 15.1. The lowest BCUT2D eigenvalue weighted by Crippen LogP contribution is -2.46. The van der Waals surface area contributed by atoms with Crippen LogP contribution in [0.15, 0.2) is 24.3 Å². The Hall–Kier alpha value is -3.49. The van der Waals surface area contributed by atoms with E-state index < -0.39 is 41.4 Å². The van der Waals surface area contributed by atoms with Gasteiger partial charge in [-0.15, -0.1) is 0 Å². The molecule has 3 aromatic rings. The van der Waals surface area contributed by atoms with E-state index in [-0.39, 0.29) is 44.0 Å². The highest BCUT2D eigenvalue weighted by Crippen LogP contribution is 2.38. The molecule has 2 atom stereocenters. The van der Waals surface area contributed by atoms with E-state index in [2.05, 4.69) is 9.88 Å². The average Bonchev–Trinajstić information content (AvgIpc) is 3.36. The lowest BCUT2D eigenvalue weighted by molar-refractivity contribution is -0.197. The second-order valence-corrected chi connectivity index (χ2v) is 13.5. The van der Waals surface area contributed by atoms with Gasteiger partial charge in [0.05, 0.1) is 35.7 Å². The molecule has 10 nitrogen and oxygen atoms in total. The molecule has 4 bridgehead atoms. The zero-order valence-electron chi connectivity index (χ0n) is 27.3. The van der Waals surface area contributed by atoms with Crippen LogP contribution in [-0.2, 0) is 32.2 Å². The minimum atomic E-state index is -4.66. The zero-order valence-corrected chi connectivity index (χ0v) is 27.3. The molecule has 5 heterocycles. The van der Waals surface area contributed by atoms with Gasteiger partial charge in [0.1, 0.15) is 17.4 Å². The van der Waals surface area contributed by atoms with Crippen LogP contribution in [0.5, 0.6) is 5.75 Å². The van der Waals surface area contributed by atoms with Crippen LogP contribution < -0.4 is 9.64 Å². The largest absolute Gasteiger partial charge is 0.480 e. The molecule has 258 valence electrons. The molecule has 0 spiro atoms. The summed E-state index contributed by atoms with van der Waals surface area (Å²) in [5.41, 5.74) is 0.738. The van der Waals surface area contributed by atoms with Crippen molar-refractivity contribution < 1.29 is 46.4 Å². The molecule has 3 aliphatic heterocycles. The van der Waals surface area contributed by atoms with Crippen LogP contribution in [0.4, 0.5) is 23.4 Å². The summed E-state index contributed by atoms with van der Waals surface area (Å²) in [4.78, 5) is 19.4. The molecule has 1 fully saturated rings. The van der Waals surface area contributed by atoms with E-state index in [0.29, 0.717) is 60.8 Å². The number of piperidine rings is 1. The number of ether oxygens (including phenoxy) is 4. The number of aliphatic carboxylic acids is 1. The first kappa shape index (κ1) is 34.8. The summed E-state index contributed by atoms with van der Waals surface area (Å²) < 4.78 is 81.2. The predicted octanol–water partition coefficient (Wildman–Crippen LogP) is 6.70. The molecule has 14 heteroatoms. The number of aromatic nitrogens is 3. The zero-order chi connectivity index (χ0) is 34.1. The third kappa shape index (κ3) is 8.33. The van der Waals surface area contributed by atoms with Crippen molar-refractivity contribution in [2.45, 2.75) is 110 Å². The Morgan fingerprint density at radius 2 is 1.85 bits per heavy atom. The molecule has 1 N–H and O–H groups in total. The highest BCUT2D eigenvalue weighted by molar-refractivity contribution is 5.78. The summed E-state index contributed by atoms with van der Waals surface area (Å²) >= 11 is 0. The fraction of sp³-hybridized carbons (Fsp3) is 0.606. The van der Waals surface area contributed by atoms with Crippen LogP contribution in [-0.4, -0.2) is 68.9 Å². The molecule has 1 unspecified atom stereocenters. The Labute approximate surface area is 270 Å². The number of carbonyl (C=O) groups is 1. The predicted molar refractivity (Wildman–Crippen MR) is 164 cm³/mol. The number of hydrogen-bond acceptors (Lipinski definition) is 8. The number of carboxylic acid groups (broad SMARTS) is 1. The molecule has 0 saturated carbocycles. The molecule has 2 aromatic heterocycles. The number of benzene rings is 1. The number of halogens is 4. The van der Waals surface area contributed by atoms with E-state index in [1.807, 2.05) is 6.92 Å². The van der Waals surface area contributed by atoms with Gasteiger partial charge < -0.3 is 29.0 Å². The summed E-state index contributed by atoms with van der Waals surface area (Å²) in [7, 11) is 0. The summed E-state index contributed by atoms with van der Waals surface area (Å²) in [6.07, 6.45) is -6.67. The number of nitrogens with zero attached hydrogens (tertiary/aromatic N) is 4. The maximum absolute atomic E-state index is 14.2. The summed E-state index contributed by atoms with van der Waals surface area (Å²) in [6.45, 7) is 10.1. The number of carboxylic acids is 1. The second-order valence-electron chi connectivity index (χ2n) is 13.5. The SMILES string of the molecule is Cc1nc2cc3nn2c(c1[C@H](OC(C)(C)C)C(=O)O)N1CCC(C)(CC1)OCCCCC(C(F)(F)F)Oc1cc(F)ccc1COC3. The van der Waals surface area contributed by atoms with Gasteiger partial charge in [-0.05, 0) is 72.8 Å². The first-order valence-corrected chi connectivity index (χ1v) is 15.8. The number of anilines is 1. The van der Waals surface area contributed by atoms with Gasteiger partial charge in [0.25, 0.3) is 0 Å².